The van der Waals surface area contributed by atoms with Gasteiger partial charge in [0.2, 0.25) is 11.1 Å². The quantitative estimate of drug-likeness (QED) is 0.420. The molecule has 1 aromatic carbocycles. The molecule has 0 aliphatic carbocycles. The van der Waals surface area contributed by atoms with E-state index in [4.69, 9.17) is 4.74 Å². The Kier molecular flexibility index (Phi) is 5.62. The van der Waals surface area contributed by atoms with Gasteiger partial charge >= 0.3 is 12.1 Å². The summed E-state index contributed by atoms with van der Waals surface area (Å²) in [6, 6.07) is 6.61. The van der Waals surface area contributed by atoms with E-state index in [1.807, 2.05) is 0 Å². The molecule has 3 heterocycles. The van der Waals surface area contributed by atoms with Gasteiger partial charge in [0.15, 0.2) is 4.96 Å². The van der Waals surface area contributed by atoms with Gasteiger partial charge in [-0.1, -0.05) is 6.07 Å². The molecular formula is C21H15F3N4O4S. The van der Waals surface area contributed by atoms with Crippen molar-refractivity contribution in [3.05, 3.63) is 90.7 Å². The number of fused-ring (bicyclic) bond motifs is 1. The zero-order valence-electron chi connectivity index (χ0n) is 17.2. The monoisotopic (exact) mass is 476 g/mol. The summed E-state index contributed by atoms with van der Waals surface area (Å²) in [4.78, 5) is 41.7. The van der Waals surface area contributed by atoms with Crippen LogP contribution < -0.4 is 11.0 Å². The first kappa shape index (κ1) is 22.4. The highest BCUT2D eigenvalue weighted by atomic mass is 32.1. The Morgan fingerprint density at radius 1 is 1.12 bits per heavy atom. The topological polar surface area (TPSA) is 95.6 Å². The molecule has 12 heteroatoms. The van der Waals surface area contributed by atoms with Gasteiger partial charge in [-0.2, -0.15) is 18.3 Å². The molecule has 0 bridgehead atoms. The number of hydrogen-bond donors (Lipinski definition) is 0. The van der Waals surface area contributed by atoms with Crippen LogP contribution in [0, 0.1) is 13.8 Å². The van der Waals surface area contributed by atoms with E-state index in [0.717, 1.165) is 28.6 Å². The molecule has 4 aromatic rings. The van der Waals surface area contributed by atoms with Gasteiger partial charge in [-0.05, 0) is 32.0 Å². The molecule has 0 unspecified atom stereocenters. The first-order valence-electron chi connectivity index (χ1n) is 9.47. The van der Waals surface area contributed by atoms with E-state index in [9.17, 15) is 27.6 Å². The van der Waals surface area contributed by atoms with Crippen LogP contribution in [0.15, 0.2) is 51.4 Å². The van der Waals surface area contributed by atoms with Crippen molar-refractivity contribution >= 4 is 22.3 Å². The van der Waals surface area contributed by atoms with Crippen LogP contribution in [-0.2, 0) is 17.5 Å². The molecule has 0 atom stereocenters. The molecule has 0 radical (unpaired) electrons. The number of aryl methyl sites for hydroxylation is 2. The van der Waals surface area contributed by atoms with E-state index in [1.165, 1.54) is 40.9 Å². The third-order valence-corrected chi connectivity index (χ3v) is 5.64. The Balaban J connectivity index is 1.63. The smallest absolute Gasteiger partial charge is 0.416 e. The number of hydrogen-bond acceptors (Lipinski definition) is 7. The fourth-order valence-electron chi connectivity index (χ4n) is 3.15. The molecule has 0 saturated heterocycles. The third kappa shape index (κ3) is 4.42. The summed E-state index contributed by atoms with van der Waals surface area (Å²) in [5, 5.41) is 5.68. The average Bonchev–Trinajstić information content (AvgIpc) is 3.13. The Labute approximate surface area is 187 Å². The minimum absolute atomic E-state index is 0.0181. The SMILES string of the molecule is Cc1cc(=O)c(C(=O)OCc2cc(=O)n3c(C)csc3n2)nn1-c1cccc(C(F)(F)F)c1. The minimum atomic E-state index is -4.57. The second kappa shape index (κ2) is 8.28. The number of nitrogens with zero attached hydrogens (tertiary/aromatic N) is 4. The number of ether oxygens (including phenoxy) is 1. The number of rotatable bonds is 4. The molecule has 0 amide bonds. The zero-order valence-corrected chi connectivity index (χ0v) is 18.0. The molecule has 3 aromatic heterocycles. The molecule has 0 aliphatic rings. The number of thiazole rings is 1. The van der Waals surface area contributed by atoms with Gasteiger partial charge in [-0.3, -0.25) is 14.0 Å². The lowest BCUT2D eigenvalue weighted by Gasteiger charge is -2.13. The summed E-state index contributed by atoms with van der Waals surface area (Å²) >= 11 is 1.24. The normalized spacial score (nSPS) is 11.7. The largest absolute Gasteiger partial charge is 0.454 e. The molecule has 0 aliphatic heterocycles. The van der Waals surface area contributed by atoms with E-state index in [2.05, 4.69) is 10.1 Å². The fourth-order valence-corrected chi connectivity index (χ4v) is 4.04. The van der Waals surface area contributed by atoms with Crippen LogP contribution in [0.5, 0.6) is 0 Å². The van der Waals surface area contributed by atoms with Crippen molar-refractivity contribution in [3.8, 4) is 5.69 Å². The number of carbonyl (C=O) groups excluding carboxylic acids is 1. The van der Waals surface area contributed by atoms with Crippen LogP contribution in [0.4, 0.5) is 13.2 Å². The number of esters is 1. The average molecular weight is 476 g/mol. The van der Waals surface area contributed by atoms with Crippen molar-refractivity contribution in [2.45, 2.75) is 26.6 Å². The molecule has 33 heavy (non-hydrogen) atoms. The predicted octanol–water partition coefficient (Wildman–Crippen LogP) is 3.29. The highest BCUT2D eigenvalue weighted by Gasteiger charge is 2.30. The summed E-state index contributed by atoms with van der Waals surface area (Å²) in [6.45, 7) is 2.84. The molecule has 0 spiro atoms. The lowest BCUT2D eigenvalue weighted by atomic mass is 10.2. The van der Waals surface area contributed by atoms with Crippen LogP contribution in [0.2, 0.25) is 0 Å². The van der Waals surface area contributed by atoms with Crippen LogP contribution in [0.25, 0.3) is 10.6 Å². The maximum Gasteiger partial charge on any atom is 0.416 e. The third-order valence-electron chi connectivity index (χ3n) is 4.70. The van der Waals surface area contributed by atoms with Crippen LogP contribution in [0.1, 0.15) is 33.1 Å². The Bertz CT molecular complexity index is 1500. The number of aromatic nitrogens is 4. The van der Waals surface area contributed by atoms with Crippen molar-refractivity contribution < 1.29 is 22.7 Å². The number of halogens is 3. The fraction of sp³-hybridized carbons (Fsp3) is 0.190. The maximum atomic E-state index is 13.1. The summed E-state index contributed by atoms with van der Waals surface area (Å²) < 4.78 is 46.8. The van der Waals surface area contributed by atoms with Crippen molar-refractivity contribution in [3.63, 3.8) is 0 Å². The highest BCUT2D eigenvalue weighted by Crippen LogP contribution is 2.30. The van der Waals surface area contributed by atoms with Gasteiger partial charge in [0.05, 0.1) is 16.9 Å². The molecule has 4 rings (SSSR count). The first-order chi connectivity index (χ1) is 15.5. The van der Waals surface area contributed by atoms with Crippen molar-refractivity contribution in [2.24, 2.45) is 0 Å². The summed E-state index contributed by atoms with van der Waals surface area (Å²) in [7, 11) is 0. The molecule has 170 valence electrons. The zero-order chi connectivity index (χ0) is 23.9. The molecule has 0 saturated carbocycles. The van der Waals surface area contributed by atoms with Crippen LogP contribution in [0.3, 0.4) is 0 Å². The molecule has 0 fully saturated rings. The van der Waals surface area contributed by atoms with Gasteiger partial charge in [0.1, 0.15) is 6.61 Å². The highest BCUT2D eigenvalue weighted by molar-refractivity contribution is 7.15. The minimum Gasteiger partial charge on any atom is -0.454 e. The predicted molar refractivity (Wildman–Crippen MR) is 113 cm³/mol. The van der Waals surface area contributed by atoms with Crippen LogP contribution in [-0.4, -0.2) is 25.1 Å². The van der Waals surface area contributed by atoms with Gasteiger partial charge in [-0.25, -0.2) is 14.5 Å². The van der Waals surface area contributed by atoms with E-state index in [-0.39, 0.29) is 29.2 Å². The number of alkyl halides is 3. The van der Waals surface area contributed by atoms with Gasteiger partial charge in [-0.15, -0.1) is 11.3 Å². The molecule has 0 N–H and O–H groups in total. The standard InChI is InChI=1S/C21H15F3N4O4S/c1-11-6-16(29)18(26-28(11)15-5-3-4-13(7-15)21(22,23)24)19(31)32-9-14-8-17(30)27-12(2)10-33-20(27)25-14/h3-8,10H,9H2,1-2H3. The Morgan fingerprint density at radius 3 is 2.61 bits per heavy atom. The number of carbonyl (C=O) groups is 1. The lowest BCUT2D eigenvalue weighted by Crippen LogP contribution is -2.24. The molecular weight excluding hydrogens is 461 g/mol. The van der Waals surface area contributed by atoms with E-state index >= 15 is 0 Å². The maximum absolute atomic E-state index is 13.1. The number of benzene rings is 1. The van der Waals surface area contributed by atoms with Crippen molar-refractivity contribution in [1.82, 2.24) is 19.2 Å². The van der Waals surface area contributed by atoms with E-state index in [1.54, 1.807) is 12.3 Å². The van der Waals surface area contributed by atoms with Gasteiger partial charge in [0.25, 0.3) is 5.56 Å². The Hall–Kier alpha value is -3.80. The summed E-state index contributed by atoms with van der Waals surface area (Å²) in [6.07, 6.45) is -4.57. The molecule has 8 nitrogen and oxygen atoms in total. The van der Waals surface area contributed by atoms with Gasteiger partial charge in [0, 0.05) is 28.9 Å². The summed E-state index contributed by atoms with van der Waals surface area (Å²) in [5.41, 5.74) is -1.46. The van der Waals surface area contributed by atoms with E-state index in [0.29, 0.717) is 4.96 Å². The van der Waals surface area contributed by atoms with E-state index < -0.39 is 28.8 Å². The Morgan fingerprint density at radius 2 is 1.88 bits per heavy atom. The van der Waals surface area contributed by atoms with Crippen LogP contribution >= 0.6 is 11.3 Å². The second-order valence-corrected chi connectivity index (χ2v) is 7.95. The second-order valence-electron chi connectivity index (χ2n) is 7.12. The van der Waals surface area contributed by atoms with Gasteiger partial charge < -0.3 is 4.74 Å². The summed E-state index contributed by atoms with van der Waals surface area (Å²) in [5.74, 6) is -1.09. The lowest BCUT2D eigenvalue weighted by molar-refractivity contribution is -0.137. The van der Waals surface area contributed by atoms with Crippen molar-refractivity contribution in [1.29, 1.82) is 0 Å². The van der Waals surface area contributed by atoms with Crippen molar-refractivity contribution in [2.75, 3.05) is 0 Å². The first-order valence-corrected chi connectivity index (χ1v) is 10.3.